The summed E-state index contributed by atoms with van der Waals surface area (Å²) in [5.74, 6) is -0.718. The van der Waals surface area contributed by atoms with Crippen molar-refractivity contribution in [2.75, 3.05) is 0 Å². The maximum absolute atomic E-state index is 12.6. The number of hydrogen-bond acceptors (Lipinski definition) is 5. The molecule has 1 atom stereocenters. The van der Waals surface area contributed by atoms with Crippen molar-refractivity contribution in [3.05, 3.63) is 64.8 Å². The van der Waals surface area contributed by atoms with E-state index in [0.717, 1.165) is 16.5 Å². The Morgan fingerprint density at radius 2 is 1.92 bits per heavy atom. The molecule has 2 aromatic carbocycles. The molecule has 1 heterocycles. The minimum Gasteiger partial charge on any atom is -0.454 e. The first kappa shape index (κ1) is 16.9. The number of hydrogen-bond donors (Lipinski definition) is 0. The van der Waals surface area contributed by atoms with Gasteiger partial charge in [-0.3, -0.25) is 9.59 Å². The summed E-state index contributed by atoms with van der Waals surface area (Å²) >= 11 is 0. The molecule has 3 aromatic rings. The van der Waals surface area contributed by atoms with E-state index in [1.54, 1.807) is 13.0 Å². The number of aromatic nitrogens is 1. The van der Waals surface area contributed by atoms with E-state index in [-0.39, 0.29) is 12.2 Å². The Kier molecular flexibility index (Phi) is 4.65. The number of para-hydroxylation sites is 1. The van der Waals surface area contributed by atoms with Gasteiger partial charge in [-0.15, -0.1) is 0 Å². The highest BCUT2D eigenvalue weighted by Crippen LogP contribution is 2.19. The minimum atomic E-state index is -0.855. The zero-order valence-corrected chi connectivity index (χ0v) is 14.4. The van der Waals surface area contributed by atoms with Crippen LogP contribution >= 0.6 is 0 Å². The molecule has 0 fully saturated rings. The number of fused-ring (bicyclic) bond motifs is 1. The number of carbonyl (C=O) groups excluding carboxylic acids is 2. The Bertz CT molecular complexity index is 942. The molecule has 1 aromatic heterocycles. The first-order valence-corrected chi connectivity index (χ1v) is 8.10. The van der Waals surface area contributed by atoms with Gasteiger partial charge >= 0.3 is 5.97 Å². The summed E-state index contributed by atoms with van der Waals surface area (Å²) in [5, 5.41) is 4.68. The largest absolute Gasteiger partial charge is 0.454 e. The third-order valence-electron chi connectivity index (χ3n) is 4.10. The summed E-state index contributed by atoms with van der Waals surface area (Å²) in [6.07, 6.45) is -0.896. The lowest BCUT2D eigenvalue weighted by atomic mass is 9.99. The van der Waals surface area contributed by atoms with Crippen LogP contribution < -0.4 is 0 Å². The maximum Gasteiger partial charge on any atom is 0.312 e. The molecular formula is C20H19NO4. The highest BCUT2D eigenvalue weighted by molar-refractivity contribution is 6.01. The molecule has 1 unspecified atom stereocenters. The predicted molar refractivity (Wildman–Crippen MR) is 93.5 cm³/mol. The highest BCUT2D eigenvalue weighted by Gasteiger charge is 2.22. The number of nitrogens with zero attached hydrogens (tertiary/aromatic N) is 1. The SMILES string of the molecule is Cc1ccc(C)c(C(=O)C(C)OC(=O)Cc2noc3ccccc23)c1. The Morgan fingerprint density at radius 1 is 1.16 bits per heavy atom. The van der Waals surface area contributed by atoms with Crippen LogP contribution in [0.25, 0.3) is 11.0 Å². The van der Waals surface area contributed by atoms with Gasteiger partial charge in [0.05, 0.1) is 6.42 Å². The van der Waals surface area contributed by atoms with Gasteiger partial charge in [0, 0.05) is 10.9 Å². The van der Waals surface area contributed by atoms with Gasteiger partial charge in [-0.2, -0.15) is 0 Å². The number of esters is 1. The molecule has 3 rings (SSSR count). The van der Waals surface area contributed by atoms with Crippen LogP contribution in [0, 0.1) is 13.8 Å². The number of benzene rings is 2. The smallest absolute Gasteiger partial charge is 0.312 e. The van der Waals surface area contributed by atoms with Crippen LogP contribution in [0.3, 0.4) is 0 Å². The normalized spacial score (nSPS) is 12.1. The van der Waals surface area contributed by atoms with Crippen molar-refractivity contribution in [2.45, 2.75) is 33.3 Å². The standard InChI is InChI=1S/C20H19NO4/c1-12-8-9-13(2)16(10-12)20(23)14(3)24-19(22)11-17-15-6-4-5-7-18(15)25-21-17/h4-10,14H,11H2,1-3H3. The van der Waals surface area contributed by atoms with Gasteiger partial charge in [-0.25, -0.2) is 0 Å². The number of carbonyl (C=O) groups is 2. The minimum absolute atomic E-state index is 0.0402. The van der Waals surface area contributed by atoms with E-state index < -0.39 is 12.1 Å². The second kappa shape index (κ2) is 6.89. The quantitative estimate of drug-likeness (QED) is 0.523. The van der Waals surface area contributed by atoms with E-state index >= 15 is 0 Å². The van der Waals surface area contributed by atoms with Crippen molar-refractivity contribution in [2.24, 2.45) is 0 Å². The molecule has 0 aliphatic heterocycles. The zero-order valence-electron chi connectivity index (χ0n) is 14.4. The Labute approximate surface area is 145 Å². The van der Waals surface area contributed by atoms with E-state index in [9.17, 15) is 9.59 Å². The molecule has 0 radical (unpaired) electrons. The first-order chi connectivity index (χ1) is 12.0. The summed E-state index contributed by atoms with van der Waals surface area (Å²) < 4.78 is 10.5. The molecule has 25 heavy (non-hydrogen) atoms. The van der Waals surface area contributed by atoms with Crippen molar-refractivity contribution in [3.8, 4) is 0 Å². The summed E-state index contributed by atoms with van der Waals surface area (Å²) in [7, 11) is 0. The van der Waals surface area contributed by atoms with Crippen molar-refractivity contribution in [1.82, 2.24) is 5.16 Å². The van der Waals surface area contributed by atoms with E-state index in [1.807, 2.05) is 50.2 Å². The van der Waals surface area contributed by atoms with Crippen LogP contribution in [0.5, 0.6) is 0 Å². The van der Waals surface area contributed by atoms with Crippen molar-refractivity contribution in [3.63, 3.8) is 0 Å². The number of ketones is 1. The number of aryl methyl sites for hydroxylation is 2. The third kappa shape index (κ3) is 3.60. The van der Waals surface area contributed by atoms with Gasteiger partial charge < -0.3 is 9.26 Å². The summed E-state index contributed by atoms with van der Waals surface area (Å²) in [5.41, 5.74) is 3.55. The average molecular weight is 337 g/mol. The van der Waals surface area contributed by atoms with Crippen LogP contribution in [-0.4, -0.2) is 23.0 Å². The lowest BCUT2D eigenvalue weighted by Crippen LogP contribution is -2.26. The lowest BCUT2D eigenvalue weighted by molar-refractivity contribution is -0.145. The summed E-state index contributed by atoms with van der Waals surface area (Å²) in [6, 6.07) is 12.9. The second-order valence-electron chi connectivity index (χ2n) is 6.12. The molecule has 0 aliphatic carbocycles. The molecule has 0 saturated carbocycles. The topological polar surface area (TPSA) is 69.4 Å². The molecule has 0 aliphatic rings. The Hall–Kier alpha value is -2.95. The molecule has 5 heteroatoms. The predicted octanol–water partition coefficient (Wildman–Crippen LogP) is 3.80. The zero-order chi connectivity index (χ0) is 18.0. The molecule has 5 nitrogen and oxygen atoms in total. The van der Waals surface area contributed by atoms with E-state index in [0.29, 0.717) is 16.8 Å². The number of rotatable bonds is 5. The molecule has 0 spiro atoms. The number of Topliss-reactive ketones (excluding diaryl/α,β-unsaturated/α-hetero) is 1. The molecular weight excluding hydrogens is 318 g/mol. The molecule has 0 amide bonds. The van der Waals surface area contributed by atoms with Crippen LogP contribution in [0.2, 0.25) is 0 Å². The fourth-order valence-corrected chi connectivity index (χ4v) is 2.71. The van der Waals surface area contributed by atoms with Gasteiger partial charge in [0.2, 0.25) is 5.78 Å². The second-order valence-corrected chi connectivity index (χ2v) is 6.12. The van der Waals surface area contributed by atoms with Gasteiger partial charge in [0.15, 0.2) is 11.7 Å². The first-order valence-electron chi connectivity index (χ1n) is 8.10. The molecule has 0 bridgehead atoms. The van der Waals surface area contributed by atoms with Crippen LogP contribution in [0.15, 0.2) is 47.0 Å². The van der Waals surface area contributed by atoms with Crippen LogP contribution in [0.1, 0.15) is 34.1 Å². The monoisotopic (exact) mass is 337 g/mol. The van der Waals surface area contributed by atoms with Crippen molar-refractivity contribution >= 4 is 22.7 Å². The number of ether oxygens (including phenoxy) is 1. The van der Waals surface area contributed by atoms with Gasteiger partial charge in [0.1, 0.15) is 5.69 Å². The van der Waals surface area contributed by atoms with E-state index in [1.165, 1.54) is 0 Å². The molecule has 128 valence electrons. The third-order valence-corrected chi connectivity index (χ3v) is 4.10. The summed E-state index contributed by atoms with van der Waals surface area (Å²) in [6.45, 7) is 5.37. The molecule has 0 N–H and O–H groups in total. The Morgan fingerprint density at radius 3 is 2.72 bits per heavy atom. The summed E-state index contributed by atoms with van der Waals surface area (Å²) in [4.78, 5) is 24.8. The van der Waals surface area contributed by atoms with Crippen LogP contribution in [0.4, 0.5) is 0 Å². The lowest BCUT2D eigenvalue weighted by Gasteiger charge is -2.14. The van der Waals surface area contributed by atoms with Gasteiger partial charge in [0.25, 0.3) is 0 Å². The van der Waals surface area contributed by atoms with Crippen molar-refractivity contribution in [1.29, 1.82) is 0 Å². The highest BCUT2D eigenvalue weighted by atomic mass is 16.5. The van der Waals surface area contributed by atoms with E-state index in [4.69, 9.17) is 9.26 Å². The fraction of sp³-hybridized carbons (Fsp3) is 0.250. The molecule has 0 saturated heterocycles. The fourth-order valence-electron chi connectivity index (χ4n) is 2.71. The van der Waals surface area contributed by atoms with Crippen molar-refractivity contribution < 1.29 is 18.8 Å². The Balaban J connectivity index is 1.70. The van der Waals surface area contributed by atoms with E-state index in [2.05, 4.69) is 5.16 Å². The van der Waals surface area contributed by atoms with Crippen LogP contribution in [-0.2, 0) is 16.0 Å². The maximum atomic E-state index is 12.6. The average Bonchev–Trinajstić information content (AvgIpc) is 2.99. The van der Waals surface area contributed by atoms with Gasteiger partial charge in [-0.1, -0.05) is 35.0 Å². The van der Waals surface area contributed by atoms with Gasteiger partial charge in [-0.05, 0) is 44.5 Å².